The summed E-state index contributed by atoms with van der Waals surface area (Å²) in [5.74, 6) is -0.474. The molecule has 1 amide bonds. The number of hydrogen-bond donors (Lipinski definition) is 3. The fraction of sp³-hybridized carbons (Fsp3) is 0.148. The second-order valence-electron chi connectivity index (χ2n) is 8.30. The topological polar surface area (TPSA) is 69.6 Å². The Labute approximate surface area is 190 Å². The van der Waals surface area contributed by atoms with Crippen LogP contribution in [0.2, 0.25) is 0 Å². The summed E-state index contributed by atoms with van der Waals surface area (Å²) >= 11 is 1.73. The third-order valence-electron chi connectivity index (χ3n) is 6.14. The quantitative estimate of drug-likeness (QED) is 0.311. The van der Waals surface area contributed by atoms with Gasteiger partial charge in [0.05, 0.1) is 5.41 Å². The van der Waals surface area contributed by atoms with Crippen LogP contribution in [-0.2, 0) is 10.2 Å². The standard InChI is InChI=1S/C27H23NO3S/c1-17-7-9-20(16-21(17)25-12-11-24(32-25)18-5-3-2-4-6-18)28-26(31)27(13-14-27)19-8-10-22(29)23(30)15-19/h2-12,15-16,29-30H,13-14H2,1H3,(H,28,31). The molecule has 32 heavy (non-hydrogen) atoms. The first kappa shape index (κ1) is 20.3. The van der Waals surface area contributed by atoms with Crippen molar-refractivity contribution < 1.29 is 15.0 Å². The molecule has 3 aromatic carbocycles. The van der Waals surface area contributed by atoms with E-state index in [-0.39, 0.29) is 17.4 Å². The summed E-state index contributed by atoms with van der Waals surface area (Å²) < 4.78 is 0. The van der Waals surface area contributed by atoms with Crippen LogP contribution < -0.4 is 5.32 Å². The van der Waals surface area contributed by atoms with Crippen molar-refractivity contribution >= 4 is 22.9 Å². The minimum atomic E-state index is -0.653. The van der Waals surface area contributed by atoms with Crippen molar-refractivity contribution in [2.24, 2.45) is 0 Å². The summed E-state index contributed by atoms with van der Waals surface area (Å²) in [7, 11) is 0. The van der Waals surface area contributed by atoms with Gasteiger partial charge in [0.2, 0.25) is 5.91 Å². The maximum Gasteiger partial charge on any atom is 0.235 e. The molecule has 1 aliphatic rings. The van der Waals surface area contributed by atoms with Crippen LogP contribution in [0.1, 0.15) is 24.0 Å². The van der Waals surface area contributed by atoms with Gasteiger partial charge in [-0.15, -0.1) is 11.3 Å². The predicted octanol–water partition coefficient (Wildman–Crippen LogP) is 6.47. The van der Waals surface area contributed by atoms with Gasteiger partial charge in [-0.25, -0.2) is 0 Å². The van der Waals surface area contributed by atoms with E-state index in [1.165, 1.54) is 22.6 Å². The van der Waals surface area contributed by atoms with Crippen LogP contribution in [0.5, 0.6) is 11.5 Å². The van der Waals surface area contributed by atoms with Gasteiger partial charge in [-0.2, -0.15) is 0 Å². The van der Waals surface area contributed by atoms with Gasteiger partial charge in [0.15, 0.2) is 11.5 Å². The van der Waals surface area contributed by atoms with Gasteiger partial charge in [0.25, 0.3) is 0 Å². The lowest BCUT2D eigenvalue weighted by Crippen LogP contribution is -2.27. The largest absolute Gasteiger partial charge is 0.504 e. The average Bonchev–Trinajstić information content (AvgIpc) is 3.47. The number of amides is 1. The van der Waals surface area contributed by atoms with Gasteiger partial charge >= 0.3 is 0 Å². The molecular weight excluding hydrogens is 418 g/mol. The van der Waals surface area contributed by atoms with Gasteiger partial charge in [0, 0.05) is 15.4 Å². The third-order valence-corrected chi connectivity index (χ3v) is 7.31. The molecule has 1 saturated carbocycles. The highest BCUT2D eigenvalue weighted by Gasteiger charge is 2.51. The number of phenols is 2. The smallest absolute Gasteiger partial charge is 0.235 e. The molecule has 5 rings (SSSR count). The SMILES string of the molecule is Cc1ccc(NC(=O)C2(c3ccc(O)c(O)c3)CC2)cc1-c1ccc(-c2ccccc2)s1. The number of phenolic OH excluding ortho intramolecular Hbond substituents is 2. The van der Waals surface area contributed by atoms with E-state index in [2.05, 4.69) is 36.5 Å². The highest BCUT2D eigenvalue weighted by molar-refractivity contribution is 7.18. The minimum Gasteiger partial charge on any atom is -0.504 e. The Morgan fingerprint density at radius 2 is 1.62 bits per heavy atom. The molecule has 0 spiro atoms. The summed E-state index contributed by atoms with van der Waals surface area (Å²) in [4.78, 5) is 15.5. The van der Waals surface area contributed by atoms with Crippen molar-refractivity contribution in [3.05, 3.63) is 90.0 Å². The Kier molecular flexibility index (Phi) is 4.98. The van der Waals surface area contributed by atoms with E-state index in [0.29, 0.717) is 12.8 Å². The van der Waals surface area contributed by atoms with Crippen LogP contribution >= 0.6 is 11.3 Å². The maximum absolute atomic E-state index is 13.2. The highest BCUT2D eigenvalue weighted by atomic mass is 32.1. The monoisotopic (exact) mass is 441 g/mol. The van der Waals surface area contributed by atoms with Crippen molar-refractivity contribution in [2.75, 3.05) is 5.32 Å². The number of thiophene rings is 1. The van der Waals surface area contributed by atoms with E-state index < -0.39 is 5.41 Å². The van der Waals surface area contributed by atoms with Crippen molar-refractivity contribution in [1.29, 1.82) is 0 Å². The summed E-state index contributed by atoms with van der Waals surface area (Å²) in [6.45, 7) is 2.07. The van der Waals surface area contributed by atoms with E-state index in [4.69, 9.17) is 0 Å². The molecular formula is C27H23NO3S. The molecule has 1 aromatic heterocycles. The van der Waals surface area contributed by atoms with Gasteiger partial charge < -0.3 is 15.5 Å². The van der Waals surface area contributed by atoms with Crippen LogP contribution in [0, 0.1) is 6.92 Å². The van der Waals surface area contributed by atoms with Crippen LogP contribution in [0.15, 0.2) is 78.9 Å². The molecule has 1 fully saturated rings. The molecule has 1 aliphatic carbocycles. The van der Waals surface area contributed by atoms with E-state index in [0.717, 1.165) is 27.3 Å². The molecule has 0 bridgehead atoms. The van der Waals surface area contributed by atoms with E-state index in [9.17, 15) is 15.0 Å². The fourth-order valence-electron chi connectivity index (χ4n) is 4.05. The van der Waals surface area contributed by atoms with Crippen LogP contribution in [-0.4, -0.2) is 16.1 Å². The number of carbonyl (C=O) groups excluding carboxylic acids is 1. The number of benzene rings is 3. The van der Waals surface area contributed by atoms with Crippen molar-refractivity contribution in [3.8, 4) is 32.4 Å². The Balaban J connectivity index is 1.40. The van der Waals surface area contributed by atoms with Gasteiger partial charge in [-0.1, -0.05) is 42.5 Å². The first-order chi connectivity index (χ1) is 15.5. The number of aryl methyl sites for hydroxylation is 1. The zero-order valence-electron chi connectivity index (χ0n) is 17.6. The zero-order valence-corrected chi connectivity index (χ0v) is 18.4. The van der Waals surface area contributed by atoms with Crippen LogP contribution in [0.4, 0.5) is 5.69 Å². The number of hydrogen-bond acceptors (Lipinski definition) is 4. The molecule has 4 nitrogen and oxygen atoms in total. The molecule has 0 radical (unpaired) electrons. The molecule has 4 aromatic rings. The number of aromatic hydroxyl groups is 2. The van der Waals surface area contributed by atoms with E-state index in [1.807, 2.05) is 36.4 Å². The lowest BCUT2D eigenvalue weighted by atomic mass is 9.94. The van der Waals surface area contributed by atoms with Gasteiger partial charge in [0.1, 0.15) is 0 Å². The molecule has 0 saturated heterocycles. The summed E-state index contributed by atoms with van der Waals surface area (Å²) in [5, 5.41) is 22.5. The molecule has 1 heterocycles. The van der Waals surface area contributed by atoms with Crippen LogP contribution in [0.25, 0.3) is 20.9 Å². The van der Waals surface area contributed by atoms with Gasteiger partial charge in [-0.3, -0.25) is 4.79 Å². The second kappa shape index (κ2) is 7.84. The van der Waals surface area contributed by atoms with Gasteiger partial charge in [-0.05, 0) is 78.4 Å². The highest BCUT2D eigenvalue weighted by Crippen LogP contribution is 2.50. The Morgan fingerprint density at radius 1 is 0.875 bits per heavy atom. The predicted molar refractivity (Wildman–Crippen MR) is 129 cm³/mol. The molecule has 5 heteroatoms. The average molecular weight is 442 g/mol. The fourth-order valence-corrected chi connectivity index (χ4v) is 5.14. The Bertz CT molecular complexity index is 1310. The van der Waals surface area contributed by atoms with Crippen LogP contribution in [0.3, 0.4) is 0 Å². The maximum atomic E-state index is 13.2. The summed E-state index contributed by atoms with van der Waals surface area (Å²) in [6, 6.07) is 25.2. The summed E-state index contributed by atoms with van der Waals surface area (Å²) in [5.41, 5.74) is 4.26. The molecule has 3 N–H and O–H groups in total. The molecule has 160 valence electrons. The number of anilines is 1. The van der Waals surface area contributed by atoms with Crippen molar-refractivity contribution in [1.82, 2.24) is 0 Å². The molecule has 0 aliphatic heterocycles. The lowest BCUT2D eigenvalue weighted by molar-refractivity contribution is -0.118. The Morgan fingerprint density at radius 3 is 2.34 bits per heavy atom. The zero-order chi connectivity index (χ0) is 22.3. The number of nitrogens with one attached hydrogen (secondary N) is 1. The normalized spacial score (nSPS) is 14.2. The lowest BCUT2D eigenvalue weighted by Gasteiger charge is -2.17. The third kappa shape index (κ3) is 3.65. The number of rotatable bonds is 5. The molecule has 0 unspecified atom stereocenters. The number of carbonyl (C=O) groups is 1. The van der Waals surface area contributed by atoms with Crippen molar-refractivity contribution in [3.63, 3.8) is 0 Å². The van der Waals surface area contributed by atoms with E-state index >= 15 is 0 Å². The van der Waals surface area contributed by atoms with Crippen molar-refractivity contribution in [2.45, 2.75) is 25.2 Å². The van der Waals surface area contributed by atoms with E-state index in [1.54, 1.807) is 17.4 Å². The second-order valence-corrected chi connectivity index (χ2v) is 9.38. The Hall–Kier alpha value is -3.57. The first-order valence-electron chi connectivity index (χ1n) is 10.6. The summed E-state index contributed by atoms with van der Waals surface area (Å²) in [6.07, 6.45) is 1.43. The minimum absolute atomic E-state index is 0.0893. The first-order valence-corrected chi connectivity index (χ1v) is 11.4. The molecule has 0 atom stereocenters.